The zero-order valence-electron chi connectivity index (χ0n) is 9.35. The van der Waals surface area contributed by atoms with Crippen LogP contribution in [0.4, 0.5) is 8.78 Å². The second-order valence-corrected chi connectivity index (χ2v) is 3.87. The minimum absolute atomic E-state index is 0.000648. The number of halogens is 2. The van der Waals surface area contributed by atoms with Crippen LogP contribution >= 0.6 is 0 Å². The van der Waals surface area contributed by atoms with Crippen LogP contribution in [-0.2, 0) is 0 Å². The van der Waals surface area contributed by atoms with Crippen LogP contribution in [0.15, 0.2) is 17.1 Å². The minimum Gasteiger partial charge on any atom is -0.297 e. The molecule has 3 heteroatoms. The summed E-state index contributed by atoms with van der Waals surface area (Å²) in [5, 5.41) is 0. The Bertz CT molecular complexity index is 219. The summed E-state index contributed by atoms with van der Waals surface area (Å²) in [6.45, 7) is 9.31. The van der Waals surface area contributed by atoms with Gasteiger partial charge in [0, 0.05) is 12.8 Å². The molecule has 1 unspecified atom stereocenters. The van der Waals surface area contributed by atoms with Crippen molar-refractivity contribution in [3.63, 3.8) is 0 Å². The number of rotatable bonds is 5. The molecule has 0 bridgehead atoms. The Labute approximate surface area is 84.9 Å². The van der Waals surface area contributed by atoms with Crippen molar-refractivity contribution in [3.05, 3.63) is 12.2 Å². The number of alkyl halides is 2. The van der Waals surface area contributed by atoms with Gasteiger partial charge in [-0.3, -0.25) is 4.99 Å². The van der Waals surface area contributed by atoms with Crippen LogP contribution in [0.25, 0.3) is 0 Å². The third kappa shape index (κ3) is 3.99. The summed E-state index contributed by atoms with van der Waals surface area (Å²) in [6, 6.07) is 0. The van der Waals surface area contributed by atoms with Crippen molar-refractivity contribution in [1.82, 2.24) is 0 Å². The van der Waals surface area contributed by atoms with E-state index in [2.05, 4.69) is 11.6 Å². The summed E-state index contributed by atoms with van der Waals surface area (Å²) in [7, 11) is 1.71. The molecule has 0 heterocycles. The molecule has 0 radical (unpaired) electrons. The first-order valence-corrected chi connectivity index (χ1v) is 4.82. The molecule has 1 atom stereocenters. The fourth-order valence-electron chi connectivity index (χ4n) is 1.63. The molecule has 82 valence electrons. The third-order valence-electron chi connectivity index (χ3n) is 2.23. The molecule has 0 saturated carbocycles. The summed E-state index contributed by atoms with van der Waals surface area (Å²) in [5.41, 5.74) is 0.978. The van der Waals surface area contributed by atoms with Crippen molar-refractivity contribution in [2.45, 2.75) is 33.6 Å². The van der Waals surface area contributed by atoms with E-state index in [0.29, 0.717) is 12.3 Å². The molecule has 0 N–H and O–H groups in total. The minimum atomic E-state index is -2.41. The van der Waals surface area contributed by atoms with Gasteiger partial charge in [-0.2, -0.15) is 0 Å². The van der Waals surface area contributed by atoms with Crippen molar-refractivity contribution < 1.29 is 8.78 Å². The van der Waals surface area contributed by atoms with Gasteiger partial charge in [-0.15, -0.1) is 0 Å². The summed E-state index contributed by atoms with van der Waals surface area (Å²) < 4.78 is 24.4. The molecule has 0 spiro atoms. The van der Waals surface area contributed by atoms with Gasteiger partial charge in [0.1, 0.15) is 0 Å². The fourth-order valence-corrected chi connectivity index (χ4v) is 1.63. The van der Waals surface area contributed by atoms with E-state index in [4.69, 9.17) is 0 Å². The molecule has 0 amide bonds. The Morgan fingerprint density at radius 2 is 1.79 bits per heavy atom. The highest BCUT2D eigenvalue weighted by Gasteiger charge is 2.18. The lowest BCUT2D eigenvalue weighted by molar-refractivity contribution is 0.184. The van der Waals surface area contributed by atoms with E-state index < -0.39 is 6.43 Å². The molecule has 0 rings (SSSR count). The highest BCUT2D eigenvalue weighted by Crippen LogP contribution is 2.20. The average Bonchev–Trinajstić information content (AvgIpc) is 2.04. The summed E-state index contributed by atoms with van der Waals surface area (Å²) in [4.78, 5) is 4.13. The first-order chi connectivity index (χ1) is 6.40. The molecule has 0 aliphatic heterocycles. The van der Waals surface area contributed by atoms with E-state index in [1.54, 1.807) is 7.05 Å². The predicted octanol–water partition coefficient (Wildman–Crippen LogP) is 3.56. The smallest absolute Gasteiger partial charge is 0.259 e. The van der Waals surface area contributed by atoms with Crippen molar-refractivity contribution in [3.8, 4) is 0 Å². The van der Waals surface area contributed by atoms with Crippen LogP contribution in [0.1, 0.15) is 27.2 Å². The summed E-state index contributed by atoms with van der Waals surface area (Å²) in [5.74, 6) is 0.363. The Hall–Kier alpha value is -0.730. The summed E-state index contributed by atoms with van der Waals surface area (Å²) in [6.07, 6.45) is -2.09. The Balaban J connectivity index is 4.33. The van der Waals surface area contributed by atoms with Crippen molar-refractivity contribution in [2.75, 3.05) is 7.05 Å². The molecule has 0 aliphatic rings. The van der Waals surface area contributed by atoms with Crippen molar-refractivity contribution >= 4 is 5.71 Å². The Morgan fingerprint density at radius 3 is 2.07 bits per heavy atom. The predicted molar refractivity (Wildman–Crippen MR) is 57.1 cm³/mol. The van der Waals surface area contributed by atoms with Gasteiger partial charge in [-0.05, 0) is 23.8 Å². The monoisotopic (exact) mass is 203 g/mol. The maximum atomic E-state index is 12.2. The Morgan fingerprint density at radius 1 is 1.29 bits per heavy atom. The second kappa shape index (κ2) is 5.89. The van der Waals surface area contributed by atoms with Gasteiger partial charge in [-0.25, -0.2) is 8.78 Å². The van der Waals surface area contributed by atoms with Gasteiger partial charge in [0.05, 0.1) is 0 Å². The summed E-state index contributed by atoms with van der Waals surface area (Å²) >= 11 is 0. The number of hydrogen-bond donors (Lipinski definition) is 0. The number of nitrogens with zero attached hydrogens (tertiary/aromatic N) is 1. The van der Waals surface area contributed by atoms with E-state index in [1.807, 2.05) is 20.8 Å². The zero-order valence-corrected chi connectivity index (χ0v) is 9.35. The van der Waals surface area contributed by atoms with Gasteiger partial charge < -0.3 is 0 Å². The number of hydrogen-bond acceptors (Lipinski definition) is 1. The lowest BCUT2D eigenvalue weighted by Gasteiger charge is -2.18. The largest absolute Gasteiger partial charge is 0.297 e. The molecule has 14 heavy (non-hydrogen) atoms. The van der Waals surface area contributed by atoms with Gasteiger partial charge >= 0.3 is 0 Å². The molecule has 0 aromatic rings. The lowest BCUT2D eigenvalue weighted by atomic mass is 9.90. The second-order valence-electron chi connectivity index (χ2n) is 3.87. The maximum absolute atomic E-state index is 12.2. The molecule has 0 aliphatic carbocycles. The first kappa shape index (κ1) is 13.3. The molecular weight excluding hydrogens is 184 g/mol. The quantitative estimate of drug-likeness (QED) is 0.478. The lowest BCUT2D eigenvalue weighted by Crippen LogP contribution is -2.19. The van der Waals surface area contributed by atoms with Crippen LogP contribution in [0.5, 0.6) is 0 Å². The van der Waals surface area contributed by atoms with E-state index in [0.717, 1.165) is 5.71 Å². The third-order valence-corrected chi connectivity index (χ3v) is 2.23. The SMILES string of the molecule is C=C(CC(C)C(=NC)C(C)C)C(F)F. The standard InChI is InChI=1S/C11H19F2N/c1-7(2)10(14-5)8(3)6-9(4)11(12)13/h7-8,11H,4,6H2,1-3,5H3. The molecule has 0 saturated heterocycles. The van der Waals surface area contributed by atoms with E-state index in [1.165, 1.54) is 0 Å². The number of aliphatic imine (C=N–C) groups is 1. The van der Waals surface area contributed by atoms with Crippen LogP contribution in [0, 0.1) is 11.8 Å². The molecular formula is C11H19F2N. The zero-order chi connectivity index (χ0) is 11.3. The highest BCUT2D eigenvalue weighted by atomic mass is 19.3. The Kier molecular flexibility index (Phi) is 5.58. The topological polar surface area (TPSA) is 12.4 Å². The van der Waals surface area contributed by atoms with Gasteiger partial charge in [0.15, 0.2) is 0 Å². The van der Waals surface area contributed by atoms with Crippen LogP contribution in [0.3, 0.4) is 0 Å². The molecule has 0 aromatic heterocycles. The normalized spacial score (nSPS) is 15.0. The fraction of sp³-hybridized carbons (Fsp3) is 0.727. The molecule has 1 nitrogen and oxygen atoms in total. The van der Waals surface area contributed by atoms with Gasteiger partial charge in [0.25, 0.3) is 6.43 Å². The molecule has 0 aromatic carbocycles. The van der Waals surface area contributed by atoms with Crippen molar-refractivity contribution in [2.24, 2.45) is 16.8 Å². The van der Waals surface area contributed by atoms with E-state index in [-0.39, 0.29) is 11.5 Å². The molecule has 0 fully saturated rings. The van der Waals surface area contributed by atoms with E-state index in [9.17, 15) is 8.78 Å². The van der Waals surface area contributed by atoms with E-state index >= 15 is 0 Å². The average molecular weight is 203 g/mol. The highest BCUT2D eigenvalue weighted by molar-refractivity contribution is 5.88. The van der Waals surface area contributed by atoms with Crippen LogP contribution in [0.2, 0.25) is 0 Å². The number of allylic oxidation sites excluding steroid dienone is 1. The van der Waals surface area contributed by atoms with Gasteiger partial charge in [-0.1, -0.05) is 27.4 Å². The van der Waals surface area contributed by atoms with Crippen LogP contribution in [-0.4, -0.2) is 19.2 Å². The van der Waals surface area contributed by atoms with Gasteiger partial charge in [0.2, 0.25) is 0 Å². The van der Waals surface area contributed by atoms with Crippen molar-refractivity contribution in [1.29, 1.82) is 0 Å². The maximum Gasteiger partial charge on any atom is 0.259 e. The van der Waals surface area contributed by atoms with Crippen LogP contribution < -0.4 is 0 Å². The first-order valence-electron chi connectivity index (χ1n) is 4.82.